The van der Waals surface area contributed by atoms with Crippen molar-refractivity contribution in [1.29, 1.82) is 0 Å². The first kappa shape index (κ1) is 18.8. The summed E-state index contributed by atoms with van der Waals surface area (Å²) in [4.78, 5) is 38.7. The second-order valence-electron chi connectivity index (χ2n) is 8.05. The van der Waals surface area contributed by atoms with Crippen LogP contribution in [0.15, 0.2) is 18.2 Å². The van der Waals surface area contributed by atoms with Gasteiger partial charge in [0.1, 0.15) is 0 Å². The lowest BCUT2D eigenvalue weighted by molar-refractivity contribution is -0.137. The van der Waals surface area contributed by atoms with Crippen LogP contribution in [0.2, 0.25) is 0 Å². The zero-order valence-corrected chi connectivity index (χ0v) is 16.8. The number of hydrogen-bond donors (Lipinski definition) is 0. The molecular weight excluding hydrogens is 352 g/mol. The number of rotatable bonds is 2. The van der Waals surface area contributed by atoms with Crippen molar-refractivity contribution >= 4 is 22.8 Å². The first-order valence-electron chi connectivity index (χ1n) is 10.4. The number of piperidine rings is 2. The summed E-state index contributed by atoms with van der Waals surface area (Å²) in [7, 11) is 0. The van der Waals surface area contributed by atoms with Crippen LogP contribution in [0.3, 0.4) is 0 Å². The number of hydrogen-bond acceptors (Lipinski definition) is 4. The third-order valence-electron chi connectivity index (χ3n) is 6.12. The Kier molecular flexibility index (Phi) is 5.29. The lowest BCUT2D eigenvalue weighted by Crippen LogP contribution is -2.45. The molecule has 2 aliphatic rings. The zero-order valence-electron chi connectivity index (χ0n) is 16.8. The molecular formula is C22H28N4O2. The van der Waals surface area contributed by atoms with Crippen molar-refractivity contribution in [2.75, 3.05) is 26.2 Å². The minimum absolute atomic E-state index is 0.0193. The van der Waals surface area contributed by atoms with Gasteiger partial charge in [-0.05, 0) is 64.2 Å². The van der Waals surface area contributed by atoms with E-state index < -0.39 is 0 Å². The Morgan fingerprint density at radius 2 is 1.50 bits per heavy atom. The van der Waals surface area contributed by atoms with E-state index in [2.05, 4.69) is 9.97 Å². The van der Waals surface area contributed by atoms with E-state index in [1.54, 1.807) is 0 Å². The number of aryl methyl sites for hydroxylation is 2. The van der Waals surface area contributed by atoms with Gasteiger partial charge >= 0.3 is 0 Å². The molecule has 0 aliphatic carbocycles. The van der Waals surface area contributed by atoms with E-state index >= 15 is 0 Å². The smallest absolute Gasteiger partial charge is 0.253 e. The molecule has 2 aliphatic heterocycles. The summed E-state index contributed by atoms with van der Waals surface area (Å²) >= 11 is 0. The van der Waals surface area contributed by atoms with Gasteiger partial charge in [-0.25, -0.2) is 9.97 Å². The Morgan fingerprint density at radius 1 is 0.857 bits per heavy atom. The fourth-order valence-corrected chi connectivity index (χ4v) is 4.25. The van der Waals surface area contributed by atoms with E-state index in [-0.39, 0.29) is 11.8 Å². The van der Waals surface area contributed by atoms with Crippen molar-refractivity contribution in [3.05, 3.63) is 35.2 Å². The molecule has 0 saturated carbocycles. The molecule has 0 N–H and O–H groups in total. The summed E-state index contributed by atoms with van der Waals surface area (Å²) in [5, 5.41) is 0. The van der Waals surface area contributed by atoms with Gasteiger partial charge in [0, 0.05) is 37.7 Å². The molecule has 0 spiro atoms. The summed E-state index contributed by atoms with van der Waals surface area (Å²) in [6.07, 6.45) is 4.98. The molecule has 4 rings (SSSR count). The van der Waals surface area contributed by atoms with Gasteiger partial charge < -0.3 is 9.80 Å². The Labute approximate surface area is 165 Å². The van der Waals surface area contributed by atoms with E-state index in [0.717, 1.165) is 61.2 Å². The highest BCUT2D eigenvalue weighted by molar-refractivity contribution is 5.97. The highest BCUT2D eigenvalue weighted by atomic mass is 16.2. The van der Waals surface area contributed by atoms with Gasteiger partial charge in [0.05, 0.1) is 22.4 Å². The minimum atomic E-state index is 0.0193. The molecule has 2 amide bonds. The normalized spacial score (nSPS) is 18.5. The lowest BCUT2D eigenvalue weighted by Gasteiger charge is -2.35. The molecule has 0 atom stereocenters. The van der Waals surface area contributed by atoms with Crippen LogP contribution in [0.1, 0.15) is 53.8 Å². The summed E-state index contributed by atoms with van der Waals surface area (Å²) in [6.45, 7) is 6.94. The van der Waals surface area contributed by atoms with Gasteiger partial charge in [-0.15, -0.1) is 0 Å². The van der Waals surface area contributed by atoms with Crippen LogP contribution in [0, 0.1) is 19.8 Å². The van der Waals surface area contributed by atoms with Crippen molar-refractivity contribution in [2.24, 2.45) is 5.92 Å². The van der Waals surface area contributed by atoms with E-state index in [1.165, 1.54) is 6.42 Å². The molecule has 148 valence electrons. The number of likely N-dealkylation sites (tertiary alicyclic amines) is 2. The maximum absolute atomic E-state index is 13.0. The number of carbonyl (C=O) groups excluding carboxylic acids is 2. The molecule has 2 aromatic rings. The number of nitrogens with zero attached hydrogens (tertiary/aromatic N) is 4. The highest BCUT2D eigenvalue weighted by Gasteiger charge is 2.31. The number of benzene rings is 1. The van der Waals surface area contributed by atoms with Crippen molar-refractivity contribution in [3.8, 4) is 0 Å². The van der Waals surface area contributed by atoms with Crippen LogP contribution in [0.4, 0.5) is 0 Å². The molecule has 6 heteroatoms. The standard InChI is InChI=1S/C22H28N4O2/c1-15-16(2)24-20-14-18(6-7-19(20)23-15)22(28)26-12-8-17(9-13-26)21(27)25-10-4-3-5-11-25/h6-7,14,17H,3-5,8-13H2,1-2H3. The Balaban J connectivity index is 1.41. The van der Waals surface area contributed by atoms with Gasteiger partial charge in [0.2, 0.25) is 5.91 Å². The van der Waals surface area contributed by atoms with Crippen molar-refractivity contribution in [2.45, 2.75) is 46.0 Å². The van der Waals surface area contributed by atoms with Gasteiger partial charge in [-0.2, -0.15) is 0 Å². The average Bonchev–Trinajstić information content (AvgIpc) is 2.74. The highest BCUT2D eigenvalue weighted by Crippen LogP contribution is 2.24. The average molecular weight is 380 g/mol. The number of fused-ring (bicyclic) bond motifs is 1. The molecule has 2 fully saturated rings. The van der Waals surface area contributed by atoms with Gasteiger partial charge in [0.15, 0.2) is 0 Å². The molecule has 1 aromatic carbocycles. The maximum atomic E-state index is 13.0. The molecule has 0 bridgehead atoms. The first-order chi connectivity index (χ1) is 13.5. The molecule has 0 radical (unpaired) electrons. The van der Waals surface area contributed by atoms with Crippen molar-refractivity contribution in [3.63, 3.8) is 0 Å². The SMILES string of the molecule is Cc1nc2ccc(C(=O)N3CCC(C(=O)N4CCCCC4)CC3)cc2nc1C. The molecule has 1 aromatic heterocycles. The number of aromatic nitrogens is 2. The fraction of sp³-hybridized carbons (Fsp3) is 0.545. The number of carbonyl (C=O) groups is 2. The van der Waals surface area contributed by atoms with Crippen LogP contribution in [-0.4, -0.2) is 57.8 Å². The molecule has 6 nitrogen and oxygen atoms in total. The Hall–Kier alpha value is -2.50. The van der Waals surface area contributed by atoms with Crippen LogP contribution in [0.5, 0.6) is 0 Å². The topological polar surface area (TPSA) is 66.4 Å². The largest absolute Gasteiger partial charge is 0.342 e. The van der Waals surface area contributed by atoms with Crippen molar-refractivity contribution < 1.29 is 9.59 Å². The van der Waals surface area contributed by atoms with E-state index in [0.29, 0.717) is 24.6 Å². The van der Waals surface area contributed by atoms with Gasteiger partial charge in [-0.3, -0.25) is 9.59 Å². The summed E-state index contributed by atoms with van der Waals surface area (Å²) < 4.78 is 0. The number of amides is 2. The summed E-state index contributed by atoms with van der Waals surface area (Å²) in [6, 6.07) is 5.54. The molecule has 28 heavy (non-hydrogen) atoms. The van der Waals surface area contributed by atoms with Crippen LogP contribution >= 0.6 is 0 Å². The summed E-state index contributed by atoms with van der Waals surface area (Å²) in [5.74, 6) is 0.375. The molecule has 0 unspecified atom stereocenters. The van der Waals surface area contributed by atoms with Gasteiger partial charge in [-0.1, -0.05) is 0 Å². The van der Waals surface area contributed by atoms with E-state index in [9.17, 15) is 9.59 Å². The maximum Gasteiger partial charge on any atom is 0.253 e. The Bertz CT molecular complexity index is 897. The monoisotopic (exact) mass is 380 g/mol. The Morgan fingerprint density at radius 3 is 2.18 bits per heavy atom. The predicted octanol–water partition coefficient (Wildman–Crippen LogP) is 3.11. The third kappa shape index (κ3) is 3.73. The van der Waals surface area contributed by atoms with E-state index in [1.807, 2.05) is 41.8 Å². The zero-order chi connectivity index (χ0) is 19.7. The minimum Gasteiger partial charge on any atom is -0.342 e. The van der Waals surface area contributed by atoms with Crippen LogP contribution in [-0.2, 0) is 4.79 Å². The summed E-state index contributed by atoms with van der Waals surface area (Å²) in [5.41, 5.74) is 4.00. The van der Waals surface area contributed by atoms with Crippen molar-refractivity contribution in [1.82, 2.24) is 19.8 Å². The second kappa shape index (κ2) is 7.86. The van der Waals surface area contributed by atoms with E-state index in [4.69, 9.17) is 0 Å². The molecule has 2 saturated heterocycles. The fourth-order valence-electron chi connectivity index (χ4n) is 4.25. The lowest BCUT2D eigenvalue weighted by atomic mass is 9.94. The quantitative estimate of drug-likeness (QED) is 0.803. The second-order valence-corrected chi connectivity index (χ2v) is 8.05. The predicted molar refractivity (Wildman–Crippen MR) is 108 cm³/mol. The van der Waals surface area contributed by atoms with Crippen LogP contribution < -0.4 is 0 Å². The third-order valence-corrected chi connectivity index (χ3v) is 6.12. The molecule has 3 heterocycles. The first-order valence-corrected chi connectivity index (χ1v) is 10.4. The van der Waals surface area contributed by atoms with Crippen LogP contribution in [0.25, 0.3) is 11.0 Å². The van der Waals surface area contributed by atoms with Gasteiger partial charge in [0.25, 0.3) is 5.91 Å².